The molecule has 1 saturated heterocycles. The Bertz CT molecular complexity index is 944. The predicted octanol–water partition coefficient (Wildman–Crippen LogP) is 4.04. The van der Waals surface area contributed by atoms with Crippen LogP contribution >= 0.6 is 0 Å². The summed E-state index contributed by atoms with van der Waals surface area (Å²) in [6.07, 6.45) is 1.99. The third-order valence-corrected chi connectivity index (χ3v) is 5.26. The molecule has 0 radical (unpaired) electrons. The van der Waals surface area contributed by atoms with Gasteiger partial charge in [0.15, 0.2) is 5.78 Å². The van der Waals surface area contributed by atoms with Gasteiger partial charge in [-0.15, -0.1) is 0 Å². The number of unbranched alkanes of at least 4 members (excludes halogenated alkanes) is 1. The van der Waals surface area contributed by atoms with Gasteiger partial charge in [0.1, 0.15) is 23.7 Å². The normalized spacial score (nSPS) is 18.4. The molecule has 1 atom stereocenters. The van der Waals surface area contributed by atoms with Crippen LogP contribution in [0, 0.1) is 5.82 Å². The van der Waals surface area contributed by atoms with Crippen molar-refractivity contribution in [2.45, 2.75) is 38.6 Å². The molecular weight excluding hydrogens is 387 g/mol. The van der Waals surface area contributed by atoms with Crippen LogP contribution in [0.4, 0.5) is 9.18 Å². The van der Waals surface area contributed by atoms with Crippen LogP contribution in [0.2, 0.25) is 0 Å². The van der Waals surface area contributed by atoms with Gasteiger partial charge in [0.05, 0.1) is 12.1 Å². The first-order valence-corrected chi connectivity index (χ1v) is 10.0. The molecule has 0 saturated carbocycles. The Labute approximate surface area is 175 Å². The summed E-state index contributed by atoms with van der Waals surface area (Å²) in [6.45, 7) is 3.53. The molecule has 2 aromatic rings. The SMILES string of the molecule is CCCCC1(c2ccc(F)cc2)NC(=O)N(CCOc2ccccc2C(C)=O)C1=O. The molecule has 1 aliphatic heterocycles. The number of amides is 3. The molecule has 0 aromatic heterocycles. The Morgan fingerprint density at radius 3 is 2.50 bits per heavy atom. The van der Waals surface area contributed by atoms with Gasteiger partial charge in [-0.25, -0.2) is 9.18 Å². The van der Waals surface area contributed by atoms with E-state index in [1.807, 2.05) is 6.92 Å². The predicted molar refractivity (Wildman–Crippen MR) is 110 cm³/mol. The molecule has 1 aliphatic rings. The van der Waals surface area contributed by atoms with Crippen molar-refractivity contribution in [2.75, 3.05) is 13.2 Å². The number of halogens is 1. The summed E-state index contributed by atoms with van der Waals surface area (Å²) in [5.41, 5.74) is -0.211. The van der Waals surface area contributed by atoms with Crippen LogP contribution in [-0.4, -0.2) is 35.8 Å². The van der Waals surface area contributed by atoms with Gasteiger partial charge in [0.25, 0.3) is 5.91 Å². The standard InChI is InChI=1S/C23H25FN2O4/c1-3-4-13-23(17-9-11-18(24)12-10-17)21(28)26(22(29)25-23)14-15-30-20-8-6-5-7-19(20)16(2)27/h5-12H,3-4,13-15H2,1-2H3,(H,25,29). The number of nitrogens with one attached hydrogen (secondary N) is 1. The van der Waals surface area contributed by atoms with E-state index in [0.29, 0.717) is 23.3 Å². The molecule has 7 heteroatoms. The largest absolute Gasteiger partial charge is 0.491 e. The molecule has 1 unspecified atom stereocenters. The smallest absolute Gasteiger partial charge is 0.325 e. The van der Waals surface area contributed by atoms with Crippen LogP contribution in [0.5, 0.6) is 5.75 Å². The highest BCUT2D eigenvalue weighted by Gasteiger charge is 2.51. The molecule has 3 rings (SSSR count). The molecule has 0 spiro atoms. The van der Waals surface area contributed by atoms with Gasteiger partial charge in [-0.05, 0) is 43.2 Å². The van der Waals surface area contributed by atoms with E-state index in [0.717, 1.165) is 17.7 Å². The molecule has 0 bridgehead atoms. The number of benzene rings is 2. The Balaban J connectivity index is 1.77. The summed E-state index contributed by atoms with van der Waals surface area (Å²) in [5, 5.41) is 2.82. The van der Waals surface area contributed by atoms with Crippen molar-refractivity contribution in [3.63, 3.8) is 0 Å². The lowest BCUT2D eigenvalue weighted by molar-refractivity contribution is -0.132. The summed E-state index contributed by atoms with van der Waals surface area (Å²) in [7, 11) is 0. The molecule has 1 N–H and O–H groups in total. The monoisotopic (exact) mass is 412 g/mol. The van der Waals surface area contributed by atoms with Crippen LogP contribution in [0.25, 0.3) is 0 Å². The average Bonchev–Trinajstić information content (AvgIpc) is 2.98. The zero-order valence-electron chi connectivity index (χ0n) is 17.1. The molecule has 3 amide bonds. The molecule has 0 aliphatic carbocycles. The summed E-state index contributed by atoms with van der Waals surface area (Å²) >= 11 is 0. The Morgan fingerprint density at radius 1 is 1.13 bits per heavy atom. The fourth-order valence-corrected chi connectivity index (χ4v) is 3.65. The van der Waals surface area contributed by atoms with Gasteiger partial charge in [-0.2, -0.15) is 0 Å². The number of imide groups is 1. The van der Waals surface area contributed by atoms with Crippen LogP contribution in [0.3, 0.4) is 0 Å². The number of ether oxygens (including phenoxy) is 1. The number of rotatable bonds is 9. The maximum Gasteiger partial charge on any atom is 0.325 e. The van der Waals surface area contributed by atoms with Gasteiger partial charge in [0, 0.05) is 0 Å². The number of Topliss-reactive ketones (excluding diaryl/α,β-unsaturated/α-hetero) is 1. The molecule has 158 valence electrons. The maximum atomic E-state index is 13.4. The van der Waals surface area contributed by atoms with Gasteiger partial charge in [0.2, 0.25) is 0 Å². The van der Waals surface area contributed by atoms with Crippen molar-refractivity contribution in [1.82, 2.24) is 10.2 Å². The van der Waals surface area contributed by atoms with E-state index in [1.54, 1.807) is 24.3 Å². The number of carbonyl (C=O) groups excluding carboxylic acids is 3. The third kappa shape index (κ3) is 4.20. The number of ketones is 1. The summed E-state index contributed by atoms with van der Waals surface area (Å²) in [5.74, 6) is -0.505. The fourth-order valence-electron chi connectivity index (χ4n) is 3.65. The fraction of sp³-hybridized carbons (Fsp3) is 0.348. The third-order valence-electron chi connectivity index (χ3n) is 5.26. The van der Waals surface area contributed by atoms with E-state index in [9.17, 15) is 18.8 Å². The Morgan fingerprint density at radius 2 is 1.83 bits per heavy atom. The molecule has 6 nitrogen and oxygen atoms in total. The first-order valence-electron chi connectivity index (χ1n) is 10.0. The second-order valence-corrected chi connectivity index (χ2v) is 7.30. The lowest BCUT2D eigenvalue weighted by Crippen LogP contribution is -2.44. The van der Waals surface area contributed by atoms with Gasteiger partial charge >= 0.3 is 6.03 Å². The highest BCUT2D eigenvalue weighted by molar-refractivity contribution is 6.07. The number of para-hydroxylation sites is 1. The van der Waals surface area contributed by atoms with Crippen LogP contribution in [0.1, 0.15) is 49.0 Å². The Hall–Kier alpha value is -3.22. The van der Waals surface area contributed by atoms with E-state index < -0.39 is 17.4 Å². The Kier molecular flexibility index (Phi) is 6.50. The lowest BCUT2D eigenvalue weighted by atomic mass is 9.85. The number of hydrogen-bond donors (Lipinski definition) is 1. The van der Waals surface area contributed by atoms with Gasteiger partial charge in [-0.3, -0.25) is 14.5 Å². The second-order valence-electron chi connectivity index (χ2n) is 7.30. The zero-order chi connectivity index (χ0) is 21.7. The second kappa shape index (κ2) is 9.07. The molecule has 1 heterocycles. The van der Waals surface area contributed by atoms with Gasteiger partial charge < -0.3 is 10.1 Å². The topological polar surface area (TPSA) is 75.7 Å². The summed E-state index contributed by atoms with van der Waals surface area (Å²) in [6, 6.07) is 12.0. The average molecular weight is 412 g/mol. The number of hydrogen-bond acceptors (Lipinski definition) is 4. The van der Waals surface area contributed by atoms with Gasteiger partial charge in [-0.1, -0.05) is 44.0 Å². The van der Waals surface area contributed by atoms with Crippen LogP contribution in [0.15, 0.2) is 48.5 Å². The highest BCUT2D eigenvalue weighted by atomic mass is 19.1. The summed E-state index contributed by atoms with van der Waals surface area (Å²) < 4.78 is 19.1. The summed E-state index contributed by atoms with van der Waals surface area (Å²) in [4.78, 5) is 38.8. The number of nitrogens with zero attached hydrogens (tertiary/aromatic N) is 1. The first kappa shape index (κ1) is 21.5. The molecule has 1 fully saturated rings. The first-order chi connectivity index (χ1) is 14.4. The highest BCUT2D eigenvalue weighted by Crippen LogP contribution is 2.34. The van der Waals surface area contributed by atoms with E-state index in [4.69, 9.17) is 4.74 Å². The van der Waals surface area contributed by atoms with E-state index in [2.05, 4.69) is 5.32 Å². The van der Waals surface area contributed by atoms with Crippen molar-refractivity contribution in [3.05, 3.63) is 65.5 Å². The van der Waals surface area contributed by atoms with Crippen molar-refractivity contribution < 1.29 is 23.5 Å². The quantitative estimate of drug-likeness (QED) is 0.498. The van der Waals surface area contributed by atoms with Crippen molar-refractivity contribution >= 4 is 17.7 Å². The minimum atomic E-state index is -1.21. The molecule has 30 heavy (non-hydrogen) atoms. The minimum absolute atomic E-state index is 0.0337. The van der Waals surface area contributed by atoms with Crippen molar-refractivity contribution in [1.29, 1.82) is 0 Å². The van der Waals surface area contributed by atoms with Crippen molar-refractivity contribution in [3.8, 4) is 5.75 Å². The van der Waals surface area contributed by atoms with Crippen molar-refractivity contribution in [2.24, 2.45) is 0 Å². The van der Waals surface area contributed by atoms with Crippen LogP contribution < -0.4 is 10.1 Å². The van der Waals surface area contributed by atoms with E-state index in [-0.39, 0.29) is 24.8 Å². The molecular formula is C23H25FN2O4. The zero-order valence-corrected chi connectivity index (χ0v) is 17.1. The maximum absolute atomic E-state index is 13.4. The lowest BCUT2D eigenvalue weighted by Gasteiger charge is -2.27. The minimum Gasteiger partial charge on any atom is -0.491 e. The van der Waals surface area contributed by atoms with E-state index in [1.165, 1.54) is 31.2 Å². The number of urea groups is 1. The van der Waals surface area contributed by atoms with E-state index >= 15 is 0 Å². The molecule has 2 aromatic carbocycles. The van der Waals surface area contributed by atoms with Crippen LogP contribution in [-0.2, 0) is 10.3 Å². The number of carbonyl (C=O) groups is 3.